The minimum absolute atomic E-state index is 0. The lowest BCUT2D eigenvalue weighted by Gasteiger charge is -2.35. The van der Waals surface area contributed by atoms with E-state index in [0.29, 0.717) is 5.02 Å². The Morgan fingerprint density at radius 3 is 2.85 bits per heavy atom. The van der Waals surface area contributed by atoms with Gasteiger partial charge in [0.2, 0.25) is 5.91 Å². The van der Waals surface area contributed by atoms with Crippen molar-refractivity contribution in [1.29, 1.82) is 0 Å². The van der Waals surface area contributed by atoms with E-state index in [1.165, 1.54) is 11.8 Å². The Kier molecular flexibility index (Phi) is 7.17. The number of carbonyl (C=O) groups is 1. The van der Waals surface area contributed by atoms with Crippen LogP contribution >= 0.6 is 35.8 Å². The van der Waals surface area contributed by atoms with Crippen LogP contribution in [0, 0.1) is 0 Å². The summed E-state index contributed by atoms with van der Waals surface area (Å²) in [6, 6.07) is 7.92. The van der Waals surface area contributed by atoms with Gasteiger partial charge >= 0.3 is 0 Å². The van der Waals surface area contributed by atoms with Crippen LogP contribution in [0.15, 0.2) is 29.2 Å². The summed E-state index contributed by atoms with van der Waals surface area (Å²) < 4.78 is 0. The van der Waals surface area contributed by atoms with Gasteiger partial charge in [-0.3, -0.25) is 4.79 Å². The third-order valence-corrected chi connectivity index (χ3v) is 4.88. The van der Waals surface area contributed by atoms with E-state index >= 15 is 0 Å². The second-order valence-electron chi connectivity index (χ2n) is 4.78. The van der Waals surface area contributed by atoms with Gasteiger partial charge < -0.3 is 10.2 Å². The summed E-state index contributed by atoms with van der Waals surface area (Å²) in [6.07, 6.45) is 0. The first-order valence-electron chi connectivity index (χ1n) is 6.52. The number of thioether (sulfide) groups is 1. The molecule has 3 nitrogen and oxygen atoms in total. The molecule has 0 aliphatic carbocycles. The van der Waals surface area contributed by atoms with Crippen molar-refractivity contribution >= 4 is 41.7 Å². The highest BCUT2D eigenvalue weighted by Gasteiger charge is 2.27. The molecule has 1 aromatic carbocycles. The molecule has 1 aliphatic rings. The van der Waals surface area contributed by atoms with E-state index in [2.05, 4.69) is 12.2 Å². The minimum Gasteiger partial charge on any atom is -0.336 e. The van der Waals surface area contributed by atoms with Gasteiger partial charge in [-0.2, -0.15) is 0 Å². The van der Waals surface area contributed by atoms with Gasteiger partial charge in [0.05, 0.1) is 10.3 Å². The molecule has 6 heteroatoms. The lowest BCUT2D eigenvalue weighted by Crippen LogP contribution is -2.54. The second-order valence-corrected chi connectivity index (χ2v) is 6.57. The van der Waals surface area contributed by atoms with E-state index in [4.69, 9.17) is 11.6 Å². The zero-order valence-electron chi connectivity index (χ0n) is 11.6. The molecule has 20 heavy (non-hydrogen) atoms. The number of nitrogens with zero attached hydrogens (tertiary/aromatic N) is 1. The monoisotopic (exact) mass is 334 g/mol. The van der Waals surface area contributed by atoms with Gasteiger partial charge in [0.15, 0.2) is 0 Å². The summed E-state index contributed by atoms with van der Waals surface area (Å²) in [7, 11) is 0. The molecule has 1 fully saturated rings. The van der Waals surface area contributed by atoms with Crippen molar-refractivity contribution in [1.82, 2.24) is 10.2 Å². The molecule has 1 saturated heterocycles. The molecule has 0 bridgehead atoms. The van der Waals surface area contributed by atoms with Gasteiger partial charge in [-0.05, 0) is 26.0 Å². The van der Waals surface area contributed by atoms with Gasteiger partial charge in [0.25, 0.3) is 0 Å². The molecule has 0 radical (unpaired) electrons. The van der Waals surface area contributed by atoms with E-state index in [0.717, 1.165) is 24.5 Å². The summed E-state index contributed by atoms with van der Waals surface area (Å²) in [5, 5.41) is 3.89. The quantitative estimate of drug-likeness (QED) is 0.862. The first kappa shape index (κ1) is 17.6. The van der Waals surface area contributed by atoms with Gasteiger partial charge in [-0.1, -0.05) is 23.7 Å². The zero-order chi connectivity index (χ0) is 13.8. The summed E-state index contributed by atoms with van der Waals surface area (Å²) >= 11 is 7.66. The predicted octanol–water partition coefficient (Wildman–Crippen LogP) is 3.06. The van der Waals surface area contributed by atoms with Crippen LogP contribution in [0.5, 0.6) is 0 Å². The van der Waals surface area contributed by atoms with Crippen LogP contribution < -0.4 is 5.32 Å². The molecule has 2 unspecified atom stereocenters. The molecule has 1 aliphatic heterocycles. The van der Waals surface area contributed by atoms with Gasteiger partial charge in [-0.25, -0.2) is 0 Å². The normalized spacial score (nSPS) is 20.1. The van der Waals surface area contributed by atoms with Gasteiger partial charge in [0.1, 0.15) is 0 Å². The van der Waals surface area contributed by atoms with Crippen molar-refractivity contribution in [3.8, 4) is 0 Å². The average Bonchev–Trinajstić information content (AvgIpc) is 2.41. The molecule has 0 spiro atoms. The third-order valence-electron chi connectivity index (χ3n) is 3.27. The predicted molar refractivity (Wildman–Crippen MR) is 88.1 cm³/mol. The SMILES string of the molecule is CC(Sc1ccccc1Cl)C(=O)N1CCNCC1C.Cl. The van der Waals surface area contributed by atoms with Crippen LogP contribution in [0.3, 0.4) is 0 Å². The Hall–Kier alpha value is -0.420. The molecule has 112 valence electrons. The Morgan fingerprint density at radius 2 is 2.20 bits per heavy atom. The summed E-state index contributed by atoms with van der Waals surface area (Å²) in [5.74, 6) is 0.193. The summed E-state index contributed by atoms with van der Waals surface area (Å²) in [6.45, 7) is 6.56. The van der Waals surface area contributed by atoms with E-state index in [-0.39, 0.29) is 29.6 Å². The molecule has 1 heterocycles. The molecule has 0 saturated carbocycles. The largest absolute Gasteiger partial charge is 0.336 e. The van der Waals surface area contributed by atoms with Crippen LogP contribution in [-0.4, -0.2) is 41.7 Å². The second kappa shape index (κ2) is 8.13. The lowest BCUT2D eigenvalue weighted by molar-refractivity contribution is -0.133. The number of amides is 1. The molecule has 2 atom stereocenters. The standard InChI is InChI=1S/C14H19ClN2OS.ClH/c1-10-9-16-7-8-17(10)14(18)11(2)19-13-6-4-3-5-12(13)15;/h3-6,10-11,16H,7-9H2,1-2H3;1H. The molecule has 0 aromatic heterocycles. The molecule has 1 amide bonds. The fourth-order valence-electron chi connectivity index (χ4n) is 2.18. The molecular formula is C14H20Cl2N2OS. The van der Waals surface area contributed by atoms with Crippen LogP contribution in [0.2, 0.25) is 5.02 Å². The molecule has 1 aromatic rings. The van der Waals surface area contributed by atoms with Crippen LogP contribution in [0.1, 0.15) is 13.8 Å². The number of rotatable bonds is 3. The van der Waals surface area contributed by atoms with Gasteiger partial charge in [-0.15, -0.1) is 24.2 Å². The van der Waals surface area contributed by atoms with E-state index < -0.39 is 0 Å². The number of hydrogen-bond donors (Lipinski definition) is 1. The Balaban J connectivity index is 0.00000200. The first-order chi connectivity index (χ1) is 9.09. The Bertz CT molecular complexity index is 459. The van der Waals surface area contributed by atoms with Crippen molar-refractivity contribution in [2.24, 2.45) is 0 Å². The number of hydrogen-bond acceptors (Lipinski definition) is 3. The van der Waals surface area contributed by atoms with Crippen molar-refractivity contribution in [3.05, 3.63) is 29.3 Å². The maximum atomic E-state index is 12.5. The fourth-order valence-corrected chi connectivity index (χ4v) is 3.41. The van der Waals surface area contributed by atoms with Crippen molar-refractivity contribution in [2.45, 2.75) is 30.0 Å². The zero-order valence-corrected chi connectivity index (χ0v) is 14.0. The van der Waals surface area contributed by atoms with E-state index in [9.17, 15) is 4.79 Å². The van der Waals surface area contributed by atoms with E-state index in [1.54, 1.807) is 0 Å². The third kappa shape index (κ3) is 4.29. The highest BCUT2D eigenvalue weighted by Crippen LogP contribution is 2.31. The van der Waals surface area contributed by atoms with E-state index in [1.807, 2.05) is 36.1 Å². The minimum atomic E-state index is -0.111. The first-order valence-corrected chi connectivity index (χ1v) is 7.77. The van der Waals surface area contributed by atoms with Gasteiger partial charge in [0, 0.05) is 30.6 Å². The van der Waals surface area contributed by atoms with Crippen molar-refractivity contribution < 1.29 is 4.79 Å². The topological polar surface area (TPSA) is 32.3 Å². The molecule has 1 N–H and O–H groups in total. The summed E-state index contributed by atoms with van der Waals surface area (Å²) in [4.78, 5) is 15.4. The Morgan fingerprint density at radius 1 is 1.50 bits per heavy atom. The number of carbonyl (C=O) groups excluding carboxylic acids is 1. The van der Waals surface area contributed by atoms with Crippen LogP contribution in [0.25, 0.3) is 0 Å². The average molecular weight is 335 g/mol. The molecule has 2 rings (SSSR count). The van der Waals surface area contributed by atoms with Crippen LogP contribution in [-0.2, 0) is 4.79 Å². The number of benzene rings is 1. The van der Waals surface area contributed by atoms with Crippen molar-refractivity contribution in [2.75, 3.05) is 19.6 Å². The van der Waals surface area contributed by atoms with Crippen molar-refractivity contribution in [3.63, 3.8) is 0 Å². The maximum absolute atomic E-state index is 12.5. The lowest BCUT2D eigenvalue weighted by atomic mass is 10.2. The highest BCUT2D eigenvalue weighted by molar-refractivity contribution is 8.00. The summed E-state index contributed by atoms with van der Waals surface area (Å²) in [5.41, 5.74) is 0. The smallest absolute Gasteiger partial charge is 0.236 e. The van der Waals surface area contributed by atoms with Crippen LogP contribution in [0.4, 0.5) is 0 Å². The number of nitrogens with one attached hydrogen (secondary N) is 1. The Labute approximate surface area is 135 Å². The molecular weight excluding hydrogens is 315 g/mol. The fraction of sp³-hybridized carbons (Fsp3) is 0.500. The number of halogens is 2. The highest BCUT2D eigenvalue weighted by atomic mass is 35.5. The number of piperazine rings is 1. The maximum Gasteiger partial charge on any atom is 0.236 e.